The van der Waals surface area contributed by atoms with Gasteiger partial charge in [0.05, 0.1) is 18.4 Å². The molecule has 2 N–H and O–H groups in total. The smallest absolute Gasteiger partial charge is 0.246 e. The van der Waals surface area contributed by atoms with Crippen molar-refractivity contribution in [1.29, 1.82) is 0 Å². The van der Waals surface area contributed by atoms with Crippen molar-refractivity contribution in [2.75, 3.05) is 50.1 Å². The highest BCUT2D eigenvalue weighted by Crippen LogP contribution is 2.17. The van der Waals surface area contributed by atoms with E-state index in [2.05, 4.69) is 20.7 Å². The molecule has 0 spiro atoms. The van der Waals surface area contributed by atoms with Crippen LogP contribution >= 0.6 is 24.0 Å². The van der Waals surface area contributed by atoms with Crippen LogP contribution in [0.1, 0.15) is 6.92 Å². The molecule has 2 amide bonds. The van der Waals surface area contributed by atoms with E-state index in [1.54, 1.807) is 35.0 Å². The third-order valence-electron chi connectivity index (χ3n) is 4.54. The van der Waals surface area contributed by atoms with Crippen molar-refractivity contribution in [3.63, 3.8) is 0 Å². The molecular weight excluding hydrogens is 513 g/mol. The summed E-state index contributed by atoms with van der Waals surface area (Å²) in [6, 6.07) is 7.22. The van der Waals surface area contributed by atoms with E-state index in [1.165, 1.54) is 6.92 Å². The third kappa shape index (κ3) is 6.84. The zero-order chi connectivity index (χ0) is 21.5. The molecule has 0 radical (unpaired) electrons. The fourth-order valence-corrected chi connectivity index (χ4v) is 3.21. The van der Waals surface area contributed by atoms with E-state index in [9.17, 15) is 9.59 Å². The standard InChI is InChI=1S/C20H27N7O3.HI/c1-15(28)24-16-5-4-6-18(11-16)30-10-7-22-20(21-2)26-8-9-27(19(29)14-26)17-12-23-25(3)13-17;/h4-6,11-13H,7-10,14H2,1-3H3,(H,21,22)(H,24,28);1H. The van der Waals surface area contributed by atoms with Crippen LogP contribution in [0.4, 0.5) is 11.4 Å². The zero-order valence-electron chi connectivity index (χ0n) is 17.9. The van der Waals surface area contributed by atoms with Crippen molar-refractivity contribution in [2.24, 2.45) is 12.0 Å². The molecule has 10 nitrogen and oxygen atoms in total. The Morgan fingerprint density at radius 1 is 1.32 bits per heavy atom. The van der Waals surface area contributed by atoms with Gasteiger partial charge in [0.2, 0.25) is 11.8 Å². The number of aryl methyl sites for hydroxylation is 1. The van der Waals surface area contributed by atoms with Crippen molar-refractivity contribution < 1.29 is 14.3 Å². The second kappa shape index (κ2) is 11.5. The van der Waals surface area contributed by atoms with E-state index in [4.69, 9.17) is 4.74 Å². The summed E-state index contributed by atoms with van der Waals surface area (Å²) < 4.78 is 7.42. The van der Waals surface area contributed by atoms with Crippen molar-refractivity contribution in [2.45, 2.75) is 6.92 Å². The number of rotatable bonds is 6. The second-order valence-corrected chi connectivity index (χ2v) is 6.87. The molecule has 1 aromatic heterocycles. The number of hydrogen-bond donors (Lipinski definition) is 2. The van der Waals surface area contributed by atoms with Gasteiger partial charge in [-0.25, -0.2) is 0 Å². The summed E-state index contributed by atoms with van der Waals surface area (Å²) in [6.07, 6.45) is 3.53. The summed E-state index contributed by atoms with van der Waals surface area (Å²) in [5, 5.41) is 10.1. The van der Waals surface area contributed by atoms with E-state index in [-0.39, 0.29) is 42.3 Å². The van der Waals surface area contributed by atoms with E-state index in [1.807, 2.05) is 30.3 Å². The summed E-state index contributed by atoms with van der Waals surface area (Å²) in [6.45, 7) is 3.87. The number of nitrogens with one attached hydrogen (secondary N) is 2. The van der Waals surface area contributed by atoms with Crippen molar-refractivity contribution in [3.8, 4) is 5.75 Å². The molecule has 168 valence electrons. The number of hydrogen-bond acceptors (Lipinski definition) is 5. The van der Waals surface area contributed by atoms with Crippen LogP contribution in [0.2, 0.25) is 0 Å². The van der Waals surface area contributed by atoms with Gasteiger partial charge < -0.3 is 25.2 Å². The van der Waals surface area contributed by atoms with Crippen LogP contribution in [0, 0.1) is 0 Å². The Kier molecular flexibility index (Phi) is 9.09. The fourth-order valence-electron chi connectivity index (χ4n) is 3.21. The first-order valence-electron chi connectivity index (χ1n) is 9.71. The number of carbonyl (C=O) groups is 2. The van der Waals surface area contributed by atoms with Gasteiger partial charge in [-0.3, -0.25) is 19.3 Å². The number of nitrogens with zero attached hydrogens (tertiary/aromatic N) is 5. The minimum atomic E-state index is -0.129. The number of aromatic nitrogens is 2. The van der Waals surface area contributed by atoms with Crippen LogP contribution in [0.3, 0.4) is 0 Å². The Balaban J connectivity index is 0.00000341. The Bertz CT molecular complexity index is 931. The van der Waals surface area contributed by atoms with Gasteiger partial charge in [-0.15, -0.1) is 24.0 Å². The lowest BCUT2D eigenvalue weighted by Gasteiger charge is -2.35. The molecule has 2 heterocycles. The molecule has 11 heteroatoms. The van der Waals surface area contributed by atoms with Crippen molar-refractivity contribution >= 4 is 53.1 Å². The molecule has 0 saturated carbocycles. The lowest BCUT2D eigenvalue weighted by Crippen LogP contribution is -2.55. The highest BCUT2D eigenvalue weighted by atomic mass is 127. The maximum absolute atomic E-state index is 12.6. The number of aliphatic imine (C=N–C) groups is 1. The average molecular weight is 541 g/mol. The van der Waals surface area contributed by atoms with Crippen molar-refractivity contribution in [1.82, 2.24) is 20.0 Å². The van der Waals surface area contributed by atoms with E-state index < -0.39 is 0 Å². The summed E-state index contributed by atoms with van der Waals surface area (Å²) >= 11 is 0. The minimum absolute atomic E-state index is 0. The van der Waals surface area contributed by atoms with Gasteiger partial charge in [-0.2, -0.15) is 5.10 Å². The second-order valence-electron chi connectivity index (χ2n) is 6.87. The van der Waals surface area contributed by atoms with Crippen LogP contribution in [-0.4, -0.2) is 72.3 Å². The quantitative estimate of drug-likeness (QED) is 0.248. The number of amides is 2. The van der Waals surface area contributed by atoms with Crippen molar-refractivity contribution in [3.05, 3.63) is 36.7 Å². The summed E-state index contributed by atoms with van der Waals surface area (Å²) in [4.78, 5) is 31.7. The first-order valence-corrected chi connectivity index (χ1v) is 9.71. The normalized spacial score (nSPS) is 14.2. The Labute approximate surface area is 198 Å². The van der Waals surface area contributed by atoms with Gasteiger partial charge in [0.25, 0.3) is 0 Å². The highest BCUT2D eigenvalue weighted by Gasteiger charge is 2.27. The fraction of sp³-hybridized carbons (Fsp3) is 0.400. The number of anilines is 2. The largest absolute Gasteiger partial charge is 0.492 e. The molecule has 0 aliphatic carbocycles. The minimum Gasteiger partial charge on any atom is -0.492 e. The molecule has 0 unspecified atom stereocenters. The van der Waals surface area contributed by atoms with Crippen LogP contribution in [0.15, 0.2) is 41.7 Å². The maximum atomic E-state index is 12.6. The maximum Gasteiger partial charge on any atom is 0.246 e. The molecule has 1 saturated heterocycles. The summed E-state index contributed by atoms with van der Waals surface area (Å²) in [7, 11) is 3.52. The number of benzene rings is 1. The van der Waals surface area contributed by atoms with E-state index >= 15 is 0 Å². The van der Waals surface area contributed by atoms with Crippen LogP contribution in [0.5, 0.6) is 5.75 Å². The van der Waals surface area contributed by atoms with Crippen LogP contribution in [0.25, 0.3) is 0 Å². The molecule has 1 fully saturated rings. The van der Waals surface area contributed by atoms with Gasteiger partial charge in [0.1, 0.15) is 18.9 Å². The first kappa shape index (κ1) is 24.4. The van der Waals surface area contributed by atoms with Crippen LogP contribution < -0.4 is 20.3 Å². The SMILES string of the molecule is CN=C(NCCOc1cccc(NC(C)=O)c1)N1CCN(c2cnn(C)c2)C(=O)C1.I. The molecule has 1 aromatic carbocycles. The lowest BCUT2D eigenvalue weighted by molar-refractivity contribution is -0.120. The molecule has 3 rings (SSSR count). The Hall–Kier alpha value is -2.83. The number of guanidine groups is 1. The Morgan fingerprint density at radius 3 is 2.77 bits per heavy atom. The predicted octanol–water partition coefficient (Wildman–Crippen LogP) is 1.30. The molecule has 2 aromatic rings. The van der Waals surface area contributed by atoms with Gasteiger partial charge in [-0.1, -0.05) is 6.07 Å². The molecule has 0 bridgehead atoms. The monoisotopic (exact) mass is 541 g/mol. The van der Waals surface area contributed by atoms with Gasteiger partial charge in [0, 0.05) is 52.1 Å². The van der Waals surface area contributed by atoms with Gasteiger partial charge in [0.15, 0.2) is 5.96 Å². The Morgan fingerprint density at radius 2 is 2.13 bits per heavy atom. The molecule has 31 heavy (non-hydrogen) atoms. The lowest BCUT2D eigenvalue weighted by atomic mass is 10.3. The molecular formula is C20H28IN7O3. The van der Waals surface area contributed by atoms with Gasteiger partial charge >= 0.3 is 0 Å². The van der Waals surface area contributed by atoms with Gasteiger partial charge in [-0.05, 0) is 12.1 Å². The summed E-state index contributed by atoms with van der Waals surface area (Å²) in [5.41, 5.74) is 1.49. The topological polar surface area (TPSA) is 104 Å². The molecule has 0 atom stereocenters. The predicted molar refractivity (Wildman–Crippen MR) is 130 cm³/mol. The van der Waals surface area contributed by atoms with Crippen LogP contribution in [-0.2, 0) is 16.6 Å². The molecule has 1 aliphatic heterocycles. The molecule has 1 aliphatic rings. The van der Waals surface area contributed by atoms with E-state index in [0.29, 0.717) is 43.6 Å². The number of piperazine rings is 1. The first-order chi connectivity index (χ1) is 14.5. The zero-order valence-corrected chi connectivity index (χ0v) is 20.2. The summed E-state index contributed by atoms with van der Waals surface area (Å²) in [5.74, 6) is 1.20. The van der Waals surface area contributed by atoms with E-state index in [0.717, 1.165) is 5.69 Å². The number of carbonyl (C=O) groups excluding carboxylic acids is 2. The highest BCUT2D eigenvalue weighted by molar-refractivity contribution is 14.0. The average Bonchev–Trinajstić information content (AvgIpc) is 3.14. The number of halogens is 1. The number of ether oxygens (including phenoxy) is 1. The third-order valence-corrected chi connectivity index (χ3v) is 4.54.